The molecule has 2 aliphatic rings. The molecule has 76 valence electrons. The van der Waals surface area contributed by atoms with Crippen LogP contribution in [-0.2, 0) is 0 Å². The number of hydrogen-bond acceptors (Lipinski definition) is 4. The molecule has 1 aromatic rings. The molecule has 1 saturated heterocycles. The highest BCUT2D eigenvalue weighted by Gasteiger charge is 2.45. The van der Waals surface area contributed by atoms with Gasteiger partial charge in [-0.1, -0.05) is 0 Å². The molecule has 3 heterocycles. The summed E-state index contributed by atoms with van der Waals surface area (Å²) in [5.41, 5.74) is 1.76. The van der Waals surface area contributed by atoms with Crippen molar-refractivity contribution in [1.29, 1.82) is 0 Å². The lowest BCUT2D eigenvalue weighted by Gasteiger charge is -2.06. The van der Waals surface area contributed by atoms with E-state index in [0.717, 1.165) is 28.7 Å². The third-order valence-corrected chi connectivity index (χ3v) is 4.60. The Morgan fingerprint density at radius 2 is 1.71 bits per heavy atom. The van der Waals surface area contributed by atoms with E-state index >= 15 is 0 Å². The van der Waals surface area contributed by atoms with Gasteiger partial charge in [-0.3, -0.25) is 0 Å². The van der Waals surface area contributed by atoms with Crippen LogP contribution in [0.4, 0.5) is 0 Å². The van der Waals surface area contributed by atoms with Crippen molar-refractivity contribution >= 4 is 11.8 Å². The highest BCUT2D eigenvalue weighted by Crippen LogP contribution is 2.65. The summed E-state index contributed by atoms with van der Waals surface area (Å²) < 4.78 is 1.11. The van der Waals surface area contributed by atoms with Crippen molar-refractivity contribution in [2.45, 2.75) is 23.3 Å². The van der Waals surface area contributed by atoms with Crippen molar-refractivity contribution in [1.82, 2.24) is 4.73 Å². The van der Waals surface area contributed by atoms with Crippen LogP contribution in [0.5, 0.6) is 11.8 Å². The van der Waals surface area contributed by atoms with Gasteiger partial charge in [0.2, 0.25) is 11.8 Å². The van der Waals surface area contributed by atoms with E-state index in [1.807, 2.05) is 11.8 Å². The summed E-state index contributed by atoms with van der Waals surface area (Å²) in [6.45, 7) is 0. The molecule has 0 saturated carbocycles. The van der Waals surface area contributed by atoms with Gasteiger partial charge in [0.1, 0.15) is 7.11 Å². The van der Waals surface area contributed by atoms with Crippen LogP contribution in [0.3, 0.4) is 0 Å². The van der Waals surface area contributed by atoms with Gasteiger partial charge in [-0.15, -0.1) is 16.5 Å². The summed E-state index contributed by atoms with van der Waals surface area (Å²) in [5.74, 6) is 0.138. The van der Waals surface area contributed by atoms with Crippen molar-refractivity contribution in [3.63, 3.8) is 0 Å². The van der Waals surface area contributed by atoms with Crippen molar-refractivity contribution in [2.75, 3.05) is 7.11 Å². The van der Waals surface area contributed by atoms with E-state index in [0.29, 0.717) is 10.5 Å². The molecule has 1 aromatic heterocycles. The van der Waals surface area contributed by atoms with Crippen molar-refractivity contribution in [2.24, 2.45) is 0 Å². The molecule has 2 bridgehead atoms. The lowest BCUT2D eigenvalue weighted by molar-refractivity contribution is 0.118. The van der Waals surface area contributed by atoms with Gasteiger partial charge in [0.15, 0.2) is 0 Å². The van der Waals surface area contributed by atoms with E-state index in [2.05, 4.69) is 0 Å². The zero-order valence-corrected chi connectivity index (χ0v) is 8.54. The van der Waals surface area contributed by atoms with Crippen LogP contribution in [0, 0.1) is 0 Å². The first-order valence-electron chi connectivity index (χ1n) is 4.60. The van der Waals surface area contributed by atoms with E-state index in [1.54, 1.807) is 0 Å². The first kappa shape index (κ1) is 8.35. The number of hydrogen-bond donors (Lipinski definition) is 2. The third kappa shape index (κ3) is 0.767. The summed E-state index contributed by atoms with van der Waals surface area (Å²) in [7, 11) is 1.43. The monoisotopic (exact) mass is 213 g/mol. The van der Waals surface area contributed by atoms with Crippen LogP contribution < -0.4 is 4.84 Å². The minimum Gasteiger partial charge on any atom is -0.492 e. The van der Waals surface area contributed by atoms with Crippen LogP contribution in [0.15, 0.2) is 0 Å². The Hall–Kier alpha value is -0.970. The molecule has 2 aliphatic heterocycles. The first-order valence-corrected chi connectivity index (χ1v) is 5.54. The predicted octanol–water partition coefficient (Wildman–Crippen LogP) is 1.58. The van der Waals surface area contributed by atoms with E-state index in [-0.39, 0.29) is 11.8 Å². The van der Waals surface area contributed by atoms with Gasteiger partial charge in [0.25, 0.3) is 0 Å². The molecular formula is C9H11NO3S. The third-order valence-electron chi connectivity index (χ3n) is 3.00. The minimum atomic E-state index is 0.0692. The zero-order chi connectivity index (χ0) is 9.87. The standard InChI is InChI=1S/C9H11NO3S/c1-13-10-8(11)6-4-2-3-5(14-4)7(6)9(10)12/h4-5,11-12H,2-3H2,1H3. The highest BCUT2D eigenvalue weighted by atomic mass is 32.2. The molecule has 0 amide bonds. The second-order valence-corrected chi connectivity index (χ2v) is 5.05. The zero-order valence-electron chi connectivity index (χ0n) is 7.73. The first-order chi connectivity index (χ1) is 6.74. The molecule has 1 fully saturated rings. The average molecular weight is 213 g/mol. The summed E-state index contributed by atoms with van der Waals surface area (Å²) in [6.07, 6.45) is 2.17. The normalized spacial score (nSPS) is 28.1. The molecule has 0 radical (unpaired) electrons. The summed E-state index contributed by atoms with van der Waals surface area (Å²) in [6, 6.07) is 0. The summed E-state index contributed by atoms with van der Waals surface area (Å²) in [4.78, 5) is 4.90. The molecule has 0 aliphatic carbocycles. The van der Waals surface area contributed by atoms with Gasteiger partial charge in [0.05, 0.1) is 0 Å². The quantitative estimate of drug-likeness (QED) is 0.743. The number of aromatic nitrogens is 1. The summed E-state index contributed by atoms with van der Waals surface area (Å²) in [5, 5.41) is 20.3. The molecule has 3 rings (SSSR count). The molecule has 2 unspecified atom stereocenters. The van der Waals surface area contributed by atoms with Crippen molar-refractivity contribution < 1.29 is 15.1 Å². The van der Waals surface area contributed by atoms with Crippen LogP contribution >= 0.6 is 11.8 Å². The predicted molar refractivity (Wildman–Crippen MR) is 52.6 cm³/mol. The molecule has 4 nitrogen and oxygen atoms in total. The van der Waals surface area contributed by atoms with Gasteiger partial charge in [-0.25, -0.2) is 0 Å². The Balaban J connectivity index is 2.25. The van der Waals surface area contributed by atoms with E-state index in [4.69, 9.17) is 4.84 Å². The van der Waals surface area contributed by atoms with Crippen molar-refractivity contribution in [3.05, 3.63) is 11.1 Å². The Labute approximate surface area is 85.4 Å². The number of aromatic hydroxyl groups is 2. The van der Waals surface area contributed by atoms with Gasteiger partial charge >= 0.3 is 0 Å². The number of thioether (sulfide) groups is 1. The maximum absolute atomic E-state index is 9.82. The maximum atomic E-state index is 9.82. The molecule has 2 N–H and O–H groups in total. The Kier molecular flexibility index (Phi) is 1.51. The van der Waals surface area contributed by atoms with Crippen LogP contribution in [-0.4, -0.2) is 22.1 Å². The molecular weight excluding hydrogens is 202 g/mol. The Morgan fingerprint density at radius 1 is 1.21 bits per heavy atom. The number of rotatable bonds is 1. The fourth-order valence-electron chi connectivity index (χ4n) is 2.43. The second-order valence-electron chi connectivity index (χ2n) is 3.64. The topological polar surface area (TPSA) is 54.6 Å². The number of nitrogens with zero attached hydrogens (tertiary/aromatic N) is 1. The minimum absolute atomic E-state index is 0.0692. The van der Waals surface area contributed by atoms with E-state index in [1.165, 1.54) is 7.11 Å². The molecule has 0 spiro atoms. The smallest absolute Gasteiger partial charge is 0.234 e. The summed E-state index contributed by atoms with van der Waals surface area (Å²) >= 11 is 1.83. The molecule has 14 heavy (non-hydrogen) atoms. The van der Waals surface area contributed by atoms with Gasteiger partial charge in [0, 0.05) is 21.6 Å². The Bertz CT molecular complexity index is 368. The van der Waals surface area contributed by atoms with Crippen LogP contribution in [0.1, 0.15) is 34.5 Å². The van der Waals surface area contributed by atoms with Gasteiger partial charge < -0.3 is 15.1 Å². The fourth-order valence-corrected chi connectivity index (χ4v) is 4.11. The SMILES string of the molecule is COn1c(O)c2c(c1O)C1CCC2S1. The van der Waals surface area contributed by atoms with Crippen LogP contribution in [0.25, 0.3) is 0 Å². The van der Waals surface area contributed by atoms with E-state index in [9.17, 15) is 10.2 Å². The molecule has 2 atom stereocenters. The van der Waals surface area contributed by atoms with E-state index < -0.39 is 0 Å². The largest absolute Gasteiger partial charge is 0.492 e. The van der Waals surface area contributed by atoms with Crippen molar-refractivity contribution in [3.8, 4) is 11.8 Å². The maximum Gasteiger partial charge on any atom is 0.234 e. The Morgan fingerprint density at radius 3 is 2.14 bits per heavy atom. The number of fused-ring (bicyclic) bond motifs is 5. The fraction of sp³-hybridized carbons (Fsp3) is 0.556. The average Bonchev–Trinajstić information content (AvgIpc) is 2.80. The van der Waals surface area contributed by atoms with Gasteiger partial charge in [-0.05, 0) is 12.8 Å². The molecule has 5 heteroatoms. The lowest BCUT2D eigenvalue weighted by atomic mass is 9.95. The van der Waals surface area contributed by atoms with Gasteiger partial charge in [-0.2, -0.15) is 0 Å². The lowest BCUT2D eigenvalue weighted by Crippen LogP contribution is -2.04. The second kappa shape index (κ2) is 2.53. The highest BCUT2D eigenvalue weighted by molar-refractivity contribution is 8.00. The molecule has 0 aromatic carbocycles. The van der Waals surface area contributed by atoms with Crippen LogP contribution in [0.2, 0.25) is 0 Å².